The number of benzene rings is 3. The molecule has 168 valence electrons. The Hall–Kier alpha value is -2.74. The first kappa shape index (κ1) is 22.5. The highest BCUT2D eigenvalue weighted by atomic mass is 16.7. The highest BCUT2D eigenvalue weighted by Crippen LogP contribution is 2.30. The highest BCUT2D eigenvalue weighted by Gasteiger charge is 2.48. The zero-order chi connectivity index (χ0) is 22.2. The van der Waals surface area contributed by atoms with Crippen molar-refractivity contribution in [1.82, 2.24) is 0 Å². The van der Waals surface area contributed by atoms with Crippen molar-refractivity contribution in [2.45, 2.75) is 43.9 Å². The Morgan fingerprint density at radius 1 is 0.656 bits per heavy atom. The van der Waals surface area contributed by atoms with Gasteiger partial charge in [-0.15, -0.1) is 0 Å². The van der Waals surface area contributed by atoms with Crippen LogP contribution in [0.4, 0.5) is 0 Å². The quantitative estimate of drug-likeness (QED) is 0.536. The van der Waals surface area contributed by atoms with Crippen molar-refractivity contribution in [2.24, 2.45) is 0 Å². The van der Waals surface area contributed by atoms with Crippen molar-refractivity contribution < 1.29 is 29.2 Å². The lowest BCUT2D eigenvalue weighted by atomic mass is 9.98. The van der Waals surface area contributed by atoms with Gasteiger partial charge in [-0.25, -0.2) is 0 Å². The van der Waals surface area contributed by atoms with Crippen molar-refractivity contribution in [3.8, 4) is 5.75 Å². The molecular weight excluding hydrogens is 408 g/mol. The summed E-state index contributed by atoms with van der Waals surface area (Å²) in [6, 6.07) is 28.7. The fourth-order valence-corrected chi connectivity index (χ4v) is 3.74. The summed E-state index contributed by atoms with van der Waals surface area (Å²) in [6.45, 7) is 0.250. The summed E-state index contributed by atoms with van der Waals surface area (Å²) in [5.41, 5.74) is 1.95. The molecule has 0 aliphatic carbocycles. The van der Waals surface area contributed by atoms with E-state index in [0.29, 0.717) is 12.4 Å². The molecule has 32 heavy (non-hydrogen) atoms. The van der Waals surface area contributed by atoms with E-state index in [1.54, 1.807) is 0 Å². The Morgan fingerprint density at radius 2 is 1.16 bits per heavy atom. The van der Waals surface area contributed by atoms with Gasteiger partial charge in [0.05, 0.1) is 19.8 Å². The predicted molar refractivity (Wildman–Crippen MR) is 119 cm³/mol. The van der Waals surface area contributed by atoms with Gasteiger partial charge in [0.15, 0.2) is 12.4 Å². The monoisotopic (exact) mass is 436 g/mol. The lowest BCUT2D eigenvalue weighted by molar-refractivity contribution is -0.303. The summed E-state index contributed by atoms with van der Waals surface area (Å²) in [5, 5.41) is 20.6. The Bertz CT molecular complexity index is 921. The molecule has 6 nitrogen and oxygen atoms in total. The van der Waals surface area contributed by atoms with Crippen molar-refractivity contribution in [1.29, 1.82) is 0 Å². The maximum atomic E-state index is 10.7. The van der Waals surface area contributed by atoms with Gasteiger partial charge in [0.2, 0.25) is 0 Å². The molecule has 1 saturated heterocycles. The van der Waals surface area contributed by atoms with Crippen LogP contribution < -0.4 is 4.74 Å². The molecule has 6 heteroatoms. The number of aliphatic hydroxyl groups is 2. The summed E-state index contributed by atoms with van der Waals surface area (Å²) in [4.78, 5) is 0. The van der Waals surface area contributed by atoms with Gasteiger partial charge in [-0.3, -0.25) is 0 Å². The summed E-state index contributed by atoms with van der Waals surface area (Å²) < 4.78 is 24.2. The van der Waals surface area contributed by atoms with Crippen LogP contribution in [0, 0.1) is 0 Å². The molecule has 1 aliphatic rings. The van der Waals surface area contributed by atoms with Crippen LogP contribution in [0.5, 0.6) is 5.75 Å². The number of hydrogen-bond donors (Lipinski definition) is 2. The minimum absolute atomic E-state index is 0.277. The average Bonchev–Trinajstić information content (AvgIpc) is 2.85. The van der Waals surface area contributed by atoms with Gasteiger partial charge < -0.3 is 29.2 Å². The fourth-order valence-electron chi connectivity index (χ4n) is 3.74. The Balaban J connectivity index is 1.57. The van der Waals surface area contributed by atoms with E-state index in [9.17, 15) is 10.2 Å². The molecule has 5 atom stereocenters. The van der Waals surface area contributed by atoms with Crippen molar-refractivity contribution in [3.63, 3.8) is 0 Å². The number of rotatable bonds is 9. The predicted octanol–water partition coefficient (Wildman–Crippen LogP) is 3.31. The van der Waals surface area contributed by atoms with Gasteiger partial charge in [-0.1, -0.05) is 78.9 Å². The standard InChI is InChI=1S/C26H28O6/c27-16-22-23(31-21-14-8-3-9-15-21)24(29-17-19-10-4-1-5-11-19)25(26(28)32-22)30-18-20-12-6-2-7-13-20/h1-15,22-28H,16-18H2/t22-,23+,24+,25-,26-/m1/s1. The molecule has 0 saturated carbocycles. The summed E-state index contributed by atoms with van der Waals surface area (Å²) in [6.07, 6.45) is -4.22. The largest absolute Gasteiger partial charge is 0.485 e. The minimum Gasteiger partial charge on any atom is -0.485 e. The lowest BCUT2D eigenvalue weighted by Gasteiger charge is -2.44. The third kappa shape index (κ3) is 5.73. The van der Waals surface area contributed by atoms with Crippen LogP contribution >= 0.6 is 0 Å². The van der Waals surface area contributed by atoms with Crippen LogP contribution in [0.25, 0.3) is 0 Å². The SMILES string of the molecule is OC[C@H]1O[C@@H](O)[C@H](OCc2ccccc2)[C@@H](OCc2ccccc2)[C@H]1Oc1ccccc1. The van der Waals surface area contributed by atoms with Crippen LogP contribution in [0.2, 0.25) is 0 Å². The fraction of sp³-hybridized carbons (Fsp3) is 0.308. The van der Waals surface area contributed by atoms with Gasteiger partial charge in [-0.05, 0) is 23.3 Å². The normalized spacial score (nSPS) is 25.4. The third-order valence-electron chi connectivity index (χ3n) is 5.38. The van der Waals surface area contributed by atoms with Gasteiger partial charge in [0, 0.05) is 0 Å². The molecule has 0 bridgehead atoms. The second-order valence-electron chi connectivity index (χ2n) is 7.67. The highest BCUT2D eigenvalue weighted by molar-refractivity contribution is 5.22. The first-order chi connectivity index (χ1) is 15.7. The molecule has 0 unspecified atom stereocenters. The van der Waals surface area contributed by atoms with Crippen LogP contribution in [-0.2, 0) is 27.4 Å². The first-order valence-corrected chi connectivity index (χ1v) is 10.7. The second kappa shape index (κ2) is 11.2. The summed E-state index contributed by atoms with van der Waals surface area (Å²) in [5.74, 6) is 0.617. The molecule has 0 aromatic heterocycles. The molecule has 3 aromatic carbocycles. The Kier molecular flexibility index (Phi) is 7.87. The van der Waals surface area contributed by atoms with Crippen LogP contribution in [0.1, 0.15) is 11.1 Å². The first-order valence-electron chi connectivity index (χ1n) is 10.7. The Labute approximate surface area is 188 Å². The molecule has 1 fully saturated rings. The van der Waals surface area contributed by atoms with E-state index in [2.05, 4.69) is 0 Å². The number of ether oxygens (including phenoxy) is 4. The zero-order valence-electron chi connectivity index (χ0n) is 17.7. The molecule has 0 radical (unpaired) electrons. The average molecular weight is 437 g/mol. The maximum absolute atomic E-state index is 10.7. The summed E-state index contributed by atoms with van der Waals surface area (Å²) >= 11 is 0. The molecule has 0 spiro atoms. The Morgan fingerprint density at radius 3 is 1.69 bits per heavy atom. The zero-order valence-corrected chi connectivity index (χ0v) is 17.7. The van der Waals surface area contributed by atoms with E-state index in [-0.39, 0.29) is 13.2 Å². The molecule has 4 rings (SSSR count). The molecule has 1 heterocycles. The van der Waals surface area contributed by atoms with Gasteiger partial charge in [0.1, 0.15) is 24.1 Å². The number of para-hydroxylation sites is 1. The smallest absolute Gasteiger partial charge is 0.184 e. The van der Waals surface area contributed by atoms with E-state index >= 15 is 0 Å². The van der Waals surface area contributed by atoms with E-state index in [1.165, 1.54) is 0 Å². The molecule has 1 aliphatic heterocycles. The van der Waals surface area contributed by atoms with Gasteiger partial charge in [0.25, 0.3) is 0 Å². The number of hydrogen-bond acceptors (Lipinski definition) is 6. The maximum Gasteiger partial charge on any atom is 0.184 e. The molecule has 3 aromatic rings. The van der Waals surface area contributed by atoms with Crippen LogP contribution in [-0.4, -0.2) is 47.5 Å². The topological polar surface area (TPSA) is 77.4 Å². The van der Waals surface area contributed by atoms with Crippen molar-refractivity contribution in [3.05, 3.63) is 102 Å². The van der Waals surface area contributed by atoms with Crippen LogP contribution in [0.15, 0.2) is 91.0 Å². The second-order valence-corrected chi connectivity index (χ2v) is 7.67. The van der Waals surface area contributed by atoms with E-state index in [4.69, 9.17) is 18.9 Å². The van der Waals surface area contributed by atoms with Gasteiger partial charge in [-0.2, -0.15) is 0 Å². The molecule has 2 N–H and O–H groups in total. The minimum atomic E-state index is -1.27. The third-order valence-corrected chi connectivity index (χ3v) is 5.38. The summed E-state index contributed by atoms with van der Waals surface area (Å²) in [7, 11) is 0. The van der Waals surface area contributed by atoms with Crippen molar-refractivity contribution >= 4 is 0 Å². The van der Waals surface area contributed by atoms with Crippen molar-refractivity contribution in [2.75, 3.05) is 6.61 Å². The van der Waals surface area contributed by atoms with E-state index in [1.807, 2.05) is 91.0 Å². The van der Waals surface area contributed by atoms with E-state index < -0.39 is 30.7 Å². The number of aliphatic hydroxyl groups excluding tert-OH is 2. The molecule has 0 amide bonds. The van der Waals surface area contributed by atoms with Crippen LogP contribution in [0.3, 0.4) is 0 Å². The molecular formula is C26H28O6. The lowest BCUT2D eigenvalue weighted by Crippen LogP contribution is -2.62. The van der Waals surface area contributed by atoms with E-state index in [0.717, 1.165) is 11.1 Å². The van der Waals surface area contributed by atoms with Gasteiger partial charge >= 0.3 is 0 Å².